The highest BCUT2D eigenvalue weighted by Gasteiger charge is 2.16. The van der Waals surface area contributed by atoms with Crippen molar-refractivity contribution in [2.24, 2.45) is 0 Å². The van der Waals surface area contributed by atoms with Crippen molar-refractivity contribution >= 4 is 34.2 Å². The van der Waals surface area contributed by atoms with Crippen molar-refractivity contribution in [3.05, 3.63) is 70.4 Å². The standard InChI is InChI=1S/C19H16O3S/c1-21-19(20)18-16-9-3-2-6-14(16)10-11-17(18)22-12-4-7-15-8-5-13-23-15/h2-11,13H,12H2,1H3/b7-4+. The van der Waals surface area contributed by atoms with Gasteiger partial charge in [-0.15, -0.1) is 11.3 Å². The largest absolute Gasteiger partial charge is 0.489 e. The van der Waals surface area contributed by atoms with Crippen LogP contribution in [-0.2, 0) is 4.74 Å². The van der Waals surface area contributed by atoms with Crippen molar-refractivity contribution in [1.29, 1.82) is 0 Å². The minimum absolute atomic E-state index is 0.389. The van der Waals surface area contributed by atoms with E-state index in [0.29, 0.717) is 17.9 Å². The van der Waals surface area contributed by atoms with Crippen molar-refractivity contribution in [3.63, 3.8) is 0 Å². The van der Waals surface area contributed by atoms with Crippen LogP contribution >= 0.6 is 11.3 Å². The molecule has 0 fully saturated rings. The average molecular weight is 324 g/mol. The minimum Gasteiger partial charge on any atom is -0.489 e. The van der Waals surface area contributed by atoms with Crippen LogP contribution in [-0.4, -0.2) is 19.7 Å². The highest BCUT2D eigenvalue weighted by Crippen LogP contribution is 2.28. The number of ether oxygens (including phenoxy) is 2. The molecule has 0 spiro atoms. The number of fused-ring (bicyclic) bond motifs is 1. The molecule has 0 radical (unpaired) electrons. The summed E-state index contributed by atoms with van der Waals surface area (Å²) in [7, 11) is 1.38. The summed E-state index contributed by atoms with van der Waals surface area (Å²) in [6.07, 6.45) is 3.94. The topological polar surface area (TPSA) is 35.5 Å². The van der Waals surface area contributed by atoms with E-state index < -0.39 is 0 Å². The van der Waals surface area contributed by atoms with Crippen LogP contribution in [0.1, 0.15) is 15.2 Å². The number of carbonyl (C=O) groups excluding carboxylic acids is 1. The number of thiophene rings is 1. The zero-order chi connectivity index (χ0) is 16.1. The second-order valence-electron chi connectivity index (χ2n) is 4.88. The first-order valence-electron chi connectivity index (χ1n) is 7.22. The minimum atomic E-state index is -0.390. The van der Waals surface area contributed by atoms with Gasteiger partial charge in [0, 0.05) is 4.88 Å². The Morgan fingerprint density at radius 3 is 2.78 bits per heavy atom. The number of esters is 1. The highest BCUT2D eigenvalue weighted by molar-refractivity contribution is 7.10. The third kappa shape index (κ3) is 3.43. The monoisotopic (exact) mass is 324 g/mol. The fourth-order valence-electron chi connectivity index (χ4n) is 2.37. The first-order valence-corrected chi connectivity index (χ1v) is 8.10. The molecule has 0 amide bonds. The van der Waals surface area contributed by atoms with Gasteiger partial charge in [0.25, 0.3) is 0 Å². The van der Waals surface area contributed by atoms with Gasteiger partial charge in [0.2, 0.25) is 0 Å². The predicted molar refractivity (Wildman–Crippen MR) is 94.1 cm³/mol. The molecule has 3 aromatic rings. The lowest BCUT2D eigenvalue weighted by molar-refractivity contribution is 0.0599. The maximum atomic E-state index is 12.1. The molecular formula is C19H16O3S. The van der Waals surface area contributed by atoms with E-state index in [2.05, 4.69) is 0 Å². The molecule has 2 aromatic carbocycles. The summed E-state index contributed by atoms with van der Waals surface area (Å²) in [5.74, 6) is 0.144. The van der Waals surface area contributed by atoms with Gasteiger partial charge in [-0.05, 0) is 40.4 Å². The van der Waals surface area contributed by atoms with Crippen LogP contribution in [0.3, 0.4) is 0 Å². The van der Waals surface area contributed by atoms with Crippen molar-refractivity contribution in [2.75, 3.05) is 13.7 Å². The van der Waals surface area contributed by atoms with Crippen molar-refractivity contribution in [2.45, 2.75) is 0 Å². The molecule has 116 valence electrons. The van der Waals surface area contributed by atoms with Crippen LogP contribution in [0.25, 0.3) is 16.8 Å². The van der Waals surface area contributed by atoms with Gasteiger partial charge in [0.15, 0.2) is 0 Å². The van der Waals surface area contributed by atoms with Gasteiger partial charge in [-0.25, -0.2) is 4.79 Å². The number of methoxy groups -OCH3 is 1. The van der Waals surface area contributed by atoms with Crippen LogP contribution in [0.2, 0.25) is 0 Å². The summed E-state index contributed by atoms with van der Waals surface area (Å²) in [6, 6.07) is 15.5. The zero-order valence-electron chi connectivity index (χ0n) is 12.7. The summed E-state index contributed by atoms with van der Waals surface area (Å²) in [4.78, 5) is 13.3. The smallest absolute Gasteiger partial charge is 0.342 e. The Morgan fingerprint density at radius 2 is 2.00 bits per heavy atom. The fourth-order valence-corrected chi connectivity index (χ4v) is 3.02. The van der Waals surface area contributed by atoms with E-state index in [1.54, 1.807) is 11.3 Å². The molecule has 3 rings (SSSR count). The lowest BCUT2D eigenvalue weighted by Gasteiger charge is -2.11. The van der Waals surface area contributed by atoms with Gasteiger partial charge in [0.05, 0.1) is 7.11 Å². The Morgan fingerprint density at radius 1 is 1.13 bits per heavy atom. The van der Waals surface area contributed by atoms with E-state index in [1.807, 2.05) is 66.1 Å². The zero-order valence-corrected chi connectivity index (χ0v) is 13.5. The molecule has 23 heavy (non-hydrogen) atoms. The normalized spacial score (nSPS) is 11.0. The Balaban J connectivity index is 1.86. The molecule has 1 heterocycles. The summed E-state index contributed by atoms with van der Waals surface area (Å²) in [5.41, 5.74) is 0.468. The molecule has 0 unspecified atom stereocenters. The molecule has 0 saturated heterocycles. The summed E-state index contributed by atoms with van der Waals surface area (Å²) in [6.45, 7) is 0.389. The molecular weight excluding hydrogens is 308 g/mol. The fraction of sp³-hybridized carbons (Fsp3) is 0.105. The number of hydrogen-bond acceptors (Lipinski definition) is 4. The lowest BCUT2D eigenvalue weighted by Crippen LogP contribution is -2.06. The SMILES string of the molecule is COC(=O)c1c(OC/C=C/c2cccs2)ccc2ccccc12. The number of benzene rings is 2. The molecule has 3 nitrogen and oxygen atoms in total. The Bertz CT molecular complexity index is 835. The van der Waals surface area contributed by atoms with E-state index in [9.17, 15) is 4.79 Å². The van der Waals surface area contributed by atoms with E-state index >= 15 is 0 Å². The number of rotatable bonds is 5. The second kappa shape index (κ2) is 7.11. The molecule has 4 heteroatoms. The van der Waals surface area contributed by atoms with Crippen LogP contribution in [0.4, 0.5) is 0 Å². The average Bonchev–Trinajstić information content (AvgIpc) is 3.11. The third-order valence-electron chi connectivity index (χ3n) is 3.44. The molecule has 0 bridgehead atoms. The molecule has 0 aliphatic heterocycles. The summed E-state index contributed by atoms with van der Waals surface area (Å²) >= 11 is 1.67. The quantitative estimate of drug-likeness (QED) is 0.634. The third-order valence-corrected chi connectivity index (χ3v) is 4.28. The molecule has 1 aromatic heterocycles. The van der Waals surface area contributed by atoms with Gasteiger partial charge in [0.1, 0.15) is 17.9 Å². The molecule has 0 N–H and O–H groups in total. The maximum Gasteiger partial charge on any atom is 0.342 e. The van der Waals surface area contributed by atoms with Crippen LogP contribution in [0.5, 0.6) is 5.75 Å². The Hall–Kier alpha value is -2.59. The predicted octanol–water partition coefficient (Wildman–Crippen LogP) is 4.78. The van der Waals surface area contributed by atoms with Gasteiger partial charge in [-0.1, -0.05) is 36.4 Å². The van der Waals surface area contributed by atoms with E-state index in [0.717, 1.165) is 10.8 Å². The van der Waals surface area contributed by atoms with Crippen molar-refractivity contribution < 1.29 is 14.3 Å². The van der Waals surface area contributed by atoms with E-state index in [-0.39, 0.29) is 5.97 Å². The van der Waals surface area contributed by atoms with Crippen LogP contribution < -0.4 is 4.74 Å². The molecule has 0 atom stereocenters. The molecule has 0 saturated carbocycles. The second-order valence-corrected chi connectivity index (χ2v) is 5.86. The Kier molecular flexibility index (Phi) is 4.74. The number of hydrogen-bond donors (Lipinski definition) is 0. The highest BCUT2D eigenvalue weighted by atomic mass is 32.1. The molecule has 0 aliphatic rings. The van der Waals surface area contributed by atoms with E-state index in [4.69, 9.17) is 9.47 Å². The maximum absolute atomic E-state index is 12.1. The van der Waals surface area contributed by atoms with Crippen molar-refractivity contribution in [1.82, 2.24) is 0 Å². The first kappa shape index (κ1) is 15.3. The van der Waals surface area contributed by atoms with Crippen LogP contribution in [0.15, 0.2) is 60.0 Å². The van der Waals surface area contributed by atoms with Crippen molar-refractivity contribution in [3.8, 4) is 5.75 Å². The van der Waals surface area contributed by atoms with Gasteiger partial charge in [-0.3, -0.25) is 0 Å². The molecule has 0 aliphatic carbocycles. The lowest BCUT2D eigenvalue weighted by atomic mass is 10.0. The summed E-state index contributed by atoms with van der Waals surface area (Å²) in [5, 5.41) is 3.84. The van der Waals surface area contributed by atoms with Gasteiger partial charge in [-0.2, -0.15) is 0 Å². The van der Waals surface area contributed by atoms with Gasteiger partial charge < -0.3 is 9.47 Å². The van der Waals surface area contributed by atoms with Crippen LogP contribution in [0, 0.1) is 0 Å². The summed E-state index contributed by atoms with van der Waals surface area (Å²) < 4.78 is 10.7. The Labute approximate surface area is 138 Å². The van der Waals surface area contributed by atoms with E-state index in [1.165, 1.54) is 12.0 Å². The van der Waals surface area contributed by atoms with Gasteiger partial charge >= 0.3 is 5.97 Å². The first-order chi connectivity index (χ1) is 11.3. The number of carbonyl (C=O) groups is 1.